The van der Waals surface area contributed by atoms with Gasteiger partial charge in [-0.25, -0.2) is 0 Å². The molecule has 178 valence electrons. The molecule has 0 aliphatic heterocycles. The molecule has 3 aromatic carbocycles. The fraction of sp³-hybridized carbons (Fsp3) is 0.310. The molecule has 0 saturated carbocycles. The minimum atomic E-state index is -0.340. The van der Waals surface area contributed by atoms with Crippen molar-refractivity contribution in [2.45, 2.75) is 44.1 Å². The predicted molar refractivity (Wildman–Crippen MR) is 140 cm³/mol. The van der Waals surface area contributed by atoms with Gasteiger partial charge in [-0.3, -0.25) is 10.2 Å². The monoisotopic (exact) mass is 456 g/mol. The van der Waals surface area contributed by atoms with Gasteiger partial charge in [0.2, 0.25) is 0 Å². The van der Waals surface area contributed by atoms with E-state index in [0.29, 0.717) is 25.9 Å². The Morgan fingerprint density at radius 3 is 1.74 bits per heavy atom. The smallest absolute Gasteiger partial charge is 0.185 e. The Morgan fingerprint density at radius 2 is 1.32 bits per heavy atom. The summed E-state index contributed by atoms with van der Waals surface area (Å²) in [6, 6.07) is 31.7. The molecule has 0 aliphatic rings. The first-order valence-corrected chi connectivity index (χ1v) is 12.1. The van der Waals surface area contributed by atoms with Crippen molar-refractivity contribution in [2.24, 2.45) is 5.73 Å². The molecule has 0 unspecified atom stereocenters. The van der Waals surface area contributed by atoms with Crippen LogP contribution in [-0.2, 0) is 10.2 Å². The Hall–Kier alpha value is -3.44. The Bertz CT molecular complexity index is 925. The highest BCUT2D eigenvalue weighted by molar-refractivity contribution is 5.83. The highest BCUT2D eigenvalue weighted by Gasteiger charge is 2.36. The van der Waals surface area contributed by atoms with Crippen molar-refractivity contribution >= 4 is 11.7 Å². The van der Waals surface area contributed by atoms with Gasteiger partial charge in [-0.1, -0.05) is 97.9 Å². The third-order valence-corrected chi connectivity index (χ3v) is 6.41. The van der Waals surface area contributed by atoms with Crippen LogP contribution in [0.25, 0.3) is 0 Å². The quantitative estimate of drug-likeness (QED) is 0.131. The number of benzene rings is 3. The number of hydrogen-bond acceptors (Lipinski definition) is 3. The molecule has 5 N–H and O–H groups in total. The summed E-state index contributed by atoms with van der Waals surface area (Å²) in [7, 11) is 0. The first-order chi connectivity index (χ1) is 16.6. The number of rotatable bonds is 13. The molecule has 0 spiro atoms. The molecule has 0 radical (unpaired) electrons. The molecule has 0 heterocycles. The number of carbonyl (C=O) groups excluding carboxylic acids is 1. The molecule has 0 saturated heterocycles. The third kappa shape index (κ3) is 6.33. The number of Topliss-reactive ketones (excluding diaryl/α,β-unsaturated/α-hetero) is 1. The molecule has 5 heteroatoms. The second-order valence-electron chi connectivity index (χ2n) is 8.56. The number of ketones is 1. The van der Waals surface area contributed by atoms with Gasteiger partial charge >= 0.3 is 0 Å². The van der Waals surface area contributed by atoms with Gasteiger partial charge in [-0.15, -0.1) is 0 Å². The van der Waals surface area contributed by atoms with Crippen molar-refractivity contribution in [1.29, 1.82) is 5.41 Å². The van der Waals surface area contributed by atoms with Crippen LogP contribution in [0.3, 0.4) is 0 Å². The molecule has 0 fully saturated rings. The van der Waals surface area contributed by atoms with E-state index in [-0.39, 0.29) is 23.2 Å². The molecule has 3 rings (SSSR count). The van der Waals surface area contributed by atoms with Crippen molar-refractivity contribution in [3.63, 3.8) is 0 Å². The highest BCUT2D eigenvalue weighted by atomic mass is 16.1. The number of carbonyl (C=O) groups is 1. The van der Waals surface area contributed by atoms with Crippen LogP contribution in [-0.4, -0.2) is 30.9 Å². The highest BCUT2D eigenvalue weighted by Crippen LogP contribution is 2.41. The van der Waals surface area contributed by atoms with E-state index in [1.807, 2.05) is 25.1 Å². The van der Waals surface area contributed by atoms with Gasteiger partial charge in [-0.2, -0.15) is 0 Å². The van der Waals surface area contributed by atoms with Crippen molar-refractivity contribution in [1.82, 2.24) is 10.6 Å². The summed E-state index contributed by atoms with van der Waals surface area (Å²) >= 11 is 0. The van der Waals surface area contributed by atoms with Crippen LogP contribution in [0.2, 0.25) is 0 Å². The van der Waals surface area contributed by atoms with E-state index in [2.05, 4.69) is 83.4 Å². The Balaban J connectivity index is 1.88. The van der Waals surface area contributed by atoms with Gasteiger partial charge < -0.3 is 16.4 Å². The summed E-state index contributed by atoms with van der Waals surface area (Å²) in [5.41, 5.74) is 8.74. The topological polar surface area (TPSA) is 91.0 Å². The summed E-state index contributed by atoms with van der Waals surface area (Å²) in [5, 5.41) is 13.7. The molecular weight excluding hydrogens is 420 g/mol. The lowest BCUT2D eigenvalue weighted by molar-refractivity contribution is -0.120. The summed E-state index contributed by atoms with van der Waals surface area (Å²) in [4.78, 5) is 12.7. The van der Waals surface area contributed by atoms with Gasteiger partial charge in [0.25, 0.3) is 0 Å². The SMILES string of the molecule is CCC(=O)[C@H](CCCNC(=N)N)NCCC(c1ccccc1)(c1ccccc1)c1ccccc1. The zero-order chi connectivity index (χ0) is 24.2. The number of hydrogen-bond donors (Lipinski definition) is 4. The van der Waals surface area contributed by atoms with Crippen molar-refractivity contribution in [3.05, 3.63) is 108 Å². The minimum Gasteiger partial charge on any atom is -0.370 e. The molecule has 0 bridgehead atoms. The Kier molecular flexibility index (Phi) is 9.41. The molecular formula is C29H36N4O. The molecule has 0 aromatic heterocycles. The number of nitrogens with two attached hydrogens (primary N) is 1. The lowest BCUT2D eigenvalue weighted by Crippen LogP contribution is -2.41. The van der Waals surface area contributed by atoms with Gasteiger partial charge in [-0.05, 0) is 42.5 Å². The Morgan fingerprint density at radius 1 is 0.853 bits per heavy atom. The van der Waals surface area contributed by atoms with Crippen molar-refractivity contribution < 1.29 is 4.79 Å². The van der Waals surface area contributed by atoms with E-state index in [0.717, 1.165) is 12.8 Å². The van der Waals surface area contributed by atoms with Crippen LogP contribution in [0.4, 0.5) is 0 Å². The maximum atomic E-state index is 12.7. The van der Waals surface area contributed by atoms with Gasteiger partial charge in [0.05, 0.1) is 6.04 Å². The van der Waals surface area contributed by atoms with E-state index in [1.165, 1.54) is 16.7 Å². The van der Waals surface area contributed by atoms with E-state index in [9.17, 15) is 4.79 Å². The largest absolute Gasteiger partial charge is 0.370 e. The number of nitrogens with one attached hydrogen (secondary N) is 3. The van der Waals surface area contributed by atoms with Crippen LogP contribution >= 0.6 is 0 Å². The fourth-order valence-corrected chi connectivity index (χ4v) is 4.69. The van der Waals surface area contributed by atoms with Crippen LogP contribution < -0.4 is 16.4 Å². The standard InChI is InChI=1S/C29H36N4O/c1-2-27(34)26(19-12-21-33-28(30)31)32-22-20-29(23-13-6-3-7-14-23,24-15-8-4-9-16-24)25-17-10-5-11-18-25/h3-11,13-18,26,32H,2,12,19-22H2,1H3,(H4,30,31,33)/t26-/m0/s1. The third-order valence-electron chi connectivity index (χ3n) is 6.41. The summed E-state index contributed by atoms with van der Waals surface area (Å²) in [6.45, 7) is 3.19. The Labute approximate surface area is 203 Å². The summed E-state index contributed by atoms with van der Waals surface area (Å²) < 4.78 is 0. The normalized spacial score (nSPS) is 12.1. The maximum absolute atomic E-state index is 12.7. The second kappa shape index (κ2) is 12.7. The van der Waals surface area contributed by atoms with Crippen LogP contribution in [0, 0.1) is 5.41 Å². The van der Waals surface area contributed by atoms with E-state index < -0.39 is 0 Å². The molecule has 5 nitrogen and oxygen atoms in total. The predicted octanol–water partition coefficient (Wildman–Crippen LogP) is 4.61. The molecule has 0 aliphatic carbocycles. The van der Waals surface area contributed by atoms with E-state index in [4.69, 9.17) is 11.1 Å². The van der Waals surface area contributed by atoms with Crippen LogP contribution in [0.5, 0.6) is 0 Å². The van der Waals surface area contributed by atoms with E-state index >= 15 is 0 Å². The molecule has 3 aromatic rings. The zero-order valence-corrected chi connectivity index (χ0v) is 20.0. The zero-order valence-electron chi connectivity index (χ0n) is 20.0. The van der Waals surface area contributed by atoms with Crippen molar-refractivity contribution in [2.75, 3.05) is 13.1 Å². The lowest BCUT2D eigenvalue weighted by atomic mass is 9.67. The van der Waals surface area contributed by atoms with Crippen LogP contribution in [0.15, 0.2) is 91.0 Å². The number of guanidine groups is 1. The lowest BCUT2D eigenvalue weighted by Gasteiger charge is -2.36. The minimum absolute atomic E-state index is 0.0373. The van der Waals surface area contributed by atoms with Crippen LogP contribution in [0.1, 0.15) is 49.3 Å². The summed E-state index contributed by atoms with van der Waals surface area (Å²) in [5.74, 6) is 0.178. The fourth-order valence-electron chi connectivity index (χ4n) is 4.69. The average molecular weight is 457 g/mol. The maximum Gasteiger partial charge on any atom is 0.185 e. The average Bonchev–Trinajstić information content (AvgIpc) is 2.89. The van der Waals surface area contributed by atoms with Gasteiger partial charge in [0.15, 0.2) is 5.96 Å². The van der Waals surface area contributed by atoms with Crippen molar-refractivity contribution in [3.8, 4) is 0 Å². The first kappa shape index (κ1) is 25.2. The van der Waals surface area contributed by atoms with Gasteiger partial charge in [0.1, 0.15) is 5.78 Å². The first-order valence-electron chi connectivity index (χ1n) is 12.1. The summed E-state index contributed by atoms with van der Waals surface area (Å²) in [6.07, 6.45) is 2.79. The second-order valence-corrected chi connectivity index (χ2v) is 8.56. The van der Waals surface area contributed by atoms with E-state index in [1.54, 1.807) is 0 Å². The molecule has 34 heavy (non-hydrogen) atoms. The molecule has 0 amide bonds. The van der Waals surface area contributed by atoms with Gasteiger partial charge in [0, 0.05) is 18.4 Å². The molecule has 1 atom stereocenters.